The van der Waals surface area contributed by atoms with Crippen LogP contribution in [0.5, 0.6) is 0 Å². The topological polar surface area (TPSA) is 64.2 Å². The second-order valence-electron chi connectivity index (χ2n) is 5.67. The molecule has 0 unspecified atom stereocenters. The van der Waals surface area contributed by atoms with Gasteiger partial charge in [-0.25, -0.2) is 0 Å². The second kappa shape index (κ2) is 4.30. The Kier molecular flexibility index (Phi) is 2.76. The zero-order valence-corrected chi connectivity index (χ0v) is 10.8. The Morgan fingerprint density at radius 2 is 1.94 bits per heavy atom. The highest BCUT2D eigenvalue weighted by Gasteiger charge is 2.33. The predicted molar refractivity (Wildman–Crippen MR) is 69.0 cm³/mol. The molecule has 5 heteroatoms. The van der Waals surface area contributed by atoms with Crippen molar-refractivity contribution in [3.05, 3.63) is 11.9 Å². The standard InChI is InChI=1S/C13H20N4O/c1-16-12(11(14)6-15-16)13(18)17(7-9-2-3-9)8-10-4-5-10/h6,9-10H,2-5,7-8,14H2,1H3. The lowest BCUT2D eigenvalue weighted by molar-refractivity contribution is 0.0729. The van der Waals surface area contributed by atoms with Crippen LogP contribution in [0.15, 0.2) is 6.20 Å². The zero-order chi connectivity index (χ0) is 12.7. The molecule has 0 bridgehead atoms. The molecule has 2 N–H and O–H groups in total. The van der Waals surface area contributed by atoms with Crippen molar-refractivity contribution in [2.24, 2.45) is 18.9 Å². The van der Waals surface area contributed by atoms with Gasteiger partial charge in [0.2, 0.25) is 0 Å². The summed E-state index contributed by atoms with van der Waals surface area (Å²) in [5.74, 6) is 1.47. The van der Waals surface area contributed by atoms with E-state index in [2.05, 4.69) is 5.10 Å². The van der Waals surface area contributed by atoms with Crippen molar-refractivity contribution in [3.63, 3.8) is 0 Å². The van der Waals surface area contributed by atoms with Crippen LogP contribution in [0, 0.1) is 11.8 Å². The van der Waals surface area contributed by atoms with Gasteiger partial charge in [-0.1, -0.05) is 0 Å². The normalized spacial score (nSPS) is 18.9. The third-order valence-electron chi connectivity index (χ3n) is 3.81. The molecule has 1 aromatic rings. The maximum Gasteiger partial charge on any atom is 0.274 e. The summed E-state index contributed by atoms with van der Waals surface area (Å²) in [5, 5.41) is 4.05. The number of hydrogen-bond donors (Lipinski definition) is 1. The Morgan fingerprint density at radius 1 is 1.39 bits per heavy atom. The first kappa shape index (κ1) is 11.6. The highest BCUT2D eigenvalue weighted by Crippen LogP contribution is 2.34. The lowest BCUT2D eigenvalue weighted by Crippen LogP contribution is -2.36. The highest BCUT2D eigenvalue weighted by molar-refractivity contribution is 5.97. The smallest absolute Gasteiger partial charge is 0.274 e. The lowest BCUT2D eigenvalue weighted by Gasteiger charge is -2.22. The van der Waals surface area contributed by atoms with E-state index in [9.17, 15) is 4.79 Å². The fourth-order valence-corrected chi connectivity index (χ4v) is 2.33. The molecular formula is C13H20N4O. The quantitative estimate of drug-likeness (QED) is 0.853. The molecule has 1 aromatic heterocycles. The fourth-order valence-electron chi connectivity index (χ4n) is 2.33. The molecule has 0 aliphatic heterocycles. The van der Waals surface area contributed by atoms with Gasteiger partial charge < -0.3 is 10.6 Å². The first-order valence-electron chi connectivity index (χ1n) is 6.72. The summed E-state index contributed by atoms with van der Waals surface area (Å²) in [5.41, 5.74) is 6.87. The van der Waals surface area contributed by atoms with E-state index in [0.717, 1.165) is 13.1 Å². The van der Waals surface area contributed by atoms with Crippen LogP contribution >= 0.6 is 0 Å². The Morgan fingerprint density at radius 3 is 2.33 bits per heavy atom. The van der Waals surface area contributed by atoms with Crippen molar-refractivity contribution >= 4 is 11.6 Å². The van der Waals surface area contributed by atoms with E-state index in [1.165, 1.54) is 25.7 Å². The molecule has 1 heterocycles. The maximum atomic E-state index is 12.6. The van der Waals surface area contributed by atoms with Crippen molar-refractivity contribution in [2.45, 2.75) is 25.7 Å². The average Bonchev–Trinajstić information content (AvgIpc) is 3.22. The number of carbonyl (C=O) groups is 1. The summed E-state index contributed by atoms with van der Waals surface area (Å²) in [6.45, 7) is 1.78. The molecule has 5 nitrogen and oxygen atoms in total. The molecule has 98 valence electrons. The van der Waals surface area contributed by atoms with Crippen LogP contribution in [0.1, 0.15) is 36.2 Å². The molecule has 0 atom stereocenters. The minimum absolute atomic E-state index is 0.0475. The van der Waals surface area contributed by atoms with E-state index in [4.69, 9.17) is 5.73 Å². The van der Waals surface area contributed by atoms with Gasteiger partial charge in [0.1, 0.15) is 5.69 Å². The minimum atomic E-state index is 0.0475. The number of nitrogen functional groups attached to an aromatic ring is 1. The van der Waals surface area contributed by atoms with Gasteiger partial charge in [-0.2, -0.15) is 5.10 Å². The molecule has 2 aliphatic carbocycles. The van der Waals surface area contributed by atoms with E-state index in [0.29, 0.717) is 23.2 Å². The summed E-state index contributed by atoms with van der Waals surface area (Å²) in [6, 6.07) is 0. The summed E-state index contributed by atoms with van der Waals surface area (Å²) in [7, 11) is 1.77. The third kappa shape index (κ3) is 2.35. The van der Waals surface area contributed by atoms with Crippen LogP contribution in [-0.2, 0) is 7.05 Å². The molecule has 1 amide bonds. The van der Waals surface area contributed by atoms with Crippen LogP contribution in [0.25, 0.3) is 0 Å². The van der Waals surface area contributed by atoms with Gasteiger partial charge in [-0.05, 0) is 37.5 Å². The van der Waals surface area contributed by atoms with Crippen LogP contribution < -0.4 is 5.73 Å². The molecule has 2 aliphatic rings. The molecule has 0 saturated heterocycles. The summed E-state index contributed by atoms with van der Waals surface area (Å²) in [6.07, 6.45) is 6.59. The number of rotatable bonds is 5. The number of nitrogens with two attached hydrogens (primary N) is 1. The number of carbonyl (C=O) groups excluding carboxylic acids is 1. The Hall–Kier alpha value is -1.52. The van der Waals surface area contributed by atoms with Gasteiger partial charge in [0.05, 0.1) is 11.9 Å². The summed E-state index contributed by atoms with van der Waals surface area (Å²) < 4.78 is 1.59. The van der Waals surface area contributed by atoms with Crippen molar-refractivity contribution < 1.29 is 4.79 Å². The Balaban J connectivity index is 1.77. The number of aryl methyl sites for hydroxylation is 1. The van der Waals surface area contributed by atoms with E-state index in [1.54, 1.807) is 17.9 Å². The Labute approximate surface area is 107 Å². The molecule has 0 spiro atoms. The molecule has 0 aromatic carbocycles. The van der Waals surface area contributed by atoms with Gasteiger partial charge in [0.25, 0.3) is 5.91 Å². The van der Waals surface area contributed by atoms with Crippen molar-refractivity contribution in [3.8, 4) is 0 Å². The molecule has 0 radical (unpaired) electrons. The molecular weight excluding hydrogens is 228 g/mol. The lowest BCUT2D eigenvalue weighted by atomic mass is 10.2. The predicted octanol–water partition coefficient (Wildman–Crippen LogP) is 1.26. The van der Waals surface area contributed by atoms with Gasteiger partial charge in [-0.3, -0.25) is 9.48 Å². The van der Waals surface area contributed by atoms with E-state index < -0.39 is 0 Å². The maximum absolute atomic E-state index is 12.6. The number of aromatic nitrogens is 2. The minimum Gasteiger partial charge on any atom is -0.396 e. The SMILES string of the molecule is Cn1ncc(N)c1C(=O)N(CC1CC1)CC1CC1. The first-order valence-corrected chi connectivity index (χ1v) is 6.72. The first-order chi connectivity index (χ1) is 8.65. The zero-order valence-electron chi connectivity index (χ0n) is 10.8. The van der Waals surface area contributed by atoms with Gasteiger partial charge >= 0.3 is 0 Å². The monoisotopic (exact) mass is 248 g/mol. The van der Waals surface area contributed by atoms with Crippen molar-refractivity contribution in [1.82, 2.24) is 14.7 Å². The van der Waals surface area contributed by atoms with E-state index in [1.807, 2.05) is 4.90 Å². The third-order valence-corrected chi connectivity index (χ3v) is 3.81. The van der Waals surface area contributed by atoms with Gasteiger partial charge in [0, 0.05) is 20.1 Å². The van der Waals surface area contributed by atoms with Crippen LogP contribution in [-0.4, -0.2) is 33.7 Å². The van der Waals surface area contributed by atoms with Crippen molar-refractivity contribution in [1.29, 1.82) is 0 Å². The number of hydrogen-bond acceptors (Lipinski definition) is 3. The second-order valence-corrected chi connectivity index (χ2v) is 5.67. The molecule has 18 heavy (non-hydrogen) atoms. The fraction of sp³-hybridized carbons (Fsp3) is 0.692. The average molecular weight is 248 g/mol. The van der Waals surface area contributed by atoms with Gasteiger partial charge in [0.15, 0.2) is 0 Å². The molecule has 3 rings (SSSR count). The highest BCUT2D eigenvalue weighted by atomic mass is 16.2. The largest absolute Gasteiger partial charge is 0.396 e. The number of nitrogens with zero attached hydrogens (tertiary/aromatic N) is 3. The van der Waals surface area contributed by atoms with Crippen LogP contribution in [0.2, 0.25) is 0 Å². The van der Waals surface area contributed by atoms with Crippen molar-refractivity contribution in [2.75, 3.05) is 18.8 Å². The van der Waals surface area contributed by atoms with Crippen LogP contribution in [0.3, 0.4) is 0 Å². The van der Waals surface area contributed by atoms with E-state index >= 15 is 0 Å². The van der Waals surface area contributed by atoms with Crippen LogP contribution in [0.4, 0.5) is 5.69 Å². The van der Waals surface area contributed by atoms with Gasteiger partial charge in [-0.15, -0.1) is 0 Å². The summed E-state index contributed by atoms with van der Waals surface area (Å²) >= 11 is 0. The number of amides is 1. The molecule has 2 saturated carbocycles. The number of anilines is 1. The summed E-state index contributed by atoms with van der Waals surface area (Å²) in [4.78, 5) is 14.5. The van der Waals surface area contributed by atoms with E-state index in [-0.39, 0.29) is 5.91 Å². The Bertz CT molecular complexity index is 426. The molecule has 2 fully saturated rings.